The molecule has 1 atom stereocenters. The number of carbonyl (C=O) groups is 2. The van der Waals surface area contributed by atoms with Crippen molar-refractivity contribution in [3.63, 3.8) is 0 Å². The first-order valence-electron chi connectivity index (χ1n) is 10.0. The Morgan fingerprint density at radius 3 is 2.55 bits per heavy atom. The molecule has 29 heavy (non-hydrogen) atoms. The van der Waals surface area contributed by atoms with Gasteiger partial charge in [0.25, 0.3) is 11.8 Å². The normalized spacial score (nSPS) is 13.4. The van der Waals surface area contributed by atoms with Gasteiger partial charge in [-0.05, 0) is 37.0 Å². The molecule has 1 aromatic rings. The fraction of sp³-hybridized carbons (Fsp3) is 0.571. The minimum Gasteiger partial charge on any atom is -0.486 e. The Bertz CT molecular complexity index is 760. The number of hydrogen-bond donors (Lipinski definition) is 1. The van der Waals surface area contributed by atoms with Crippen LogP contribution in [0.2, 0.25) is 0 Å². The number of ether oxygens (including phenoxy) is 2. The minimum absolute atomic E-state index is 0.184. The molecular weight excluding hydrogens is 372 g/mol. The highest BCUT2D eigenvalue weighted by atomic mass is 16.6. The number of hydrogen-bond acceptors (Lipinski definition) is 6. The van der Waals surface area contributed by atoms with Crippen molar-refractivity contribution in [1.29, 1.82) is 5.26 Å². The third-order valence-electron chi connectivity index (χ3n) is 4.63. The second kappa shape index (κ2) is 10.6. The maximum Gasteiger partial charge on any atom is 0.263 e. The SMILES string of the molecule is CCCCN(C#N)N(C)C(=O)[C@H](CC(C)C)NC(=O)c1ccc2c(c1)OCCO2. The van der Waals surface area contributed by atoms with Gasteiger partial charge in [0.1, 0.15) is 19.3 Å². The highest BCUT2D eigenvalue weighted by Gasteiger charge is 2.28. The molecule has 8 nitrogen and oxygen atoms in total. The van der Waals surface area contributed by atoms with Crippen LogP contribution < -0.4 is 14.8 Å². The molecule has 1 aliphatic heterocycles. The van der Waals surface area contributed by atoms with Crippen LogP contribution in [0.5, 0.6) is 11.5 Å². The Morgan fingerprint density at radius 2 is 1.93 bits per heavy atom. The van der Waals surface area contributed by atoms with Gasteiger partial charge in [0, 0.05) is 12.6 Å². The Hall–Kier alpha value is -2.95. The van der Waals surface area contributed by atoms with Gasteiger partial charge in [0.05, 0.1) is 6.54 Å². The van der Waals surface area contributed by atoms with Gasteiger partial charge in [0.2, 0.25) is 0 Å². The Balaban J connectivity index is 2.14. The summed E-state index contributed by atoms with van der Waals surface area (Å²) in [5.74, 6) is 0.615. The van der Waals surface area contributed by atoms with Crippen LogP contribution in [0.15, 0.2) is 18.2 Å². The van der Waals surface area contributed by atoms with Gasteiger partial charge >= 0.3 is 0 Å². The molecule has 2 rings (SSSR count). The lowest BCUT2D eigenvalue weighted by molar-refractivity contribution is -0.143. The zero-order valence-corrected chi connectivity index (χ0v) is 17.6. The molecular formula is C21H30N4O4. The fourth-order valence-electron chi connectivity index (χ4n) is 3.04. The number of nitrogens with one attached hydrogen (secondary N) is 1. The van der Waals surface area contributed by atoms with Gasteiger partial charge in [0.15, 0.2) is 17.7 Å². The summed E-state index contributed by atoms with van der Waals surface area (Å²) in [4.78, 5) is 25.8. The van der Waals surface area contributed by atoms with E-state index in [1.165, 1.54) is 10.0 Å². The number of benzene rings is 1. The van der Waals surface area contributed by atoms with E-state index in [-0.39, 0.29) is 17.7 Å². The maximum atomic E-state index is 13.0. The van der Waals surface area contributed by atoms with E-state index < -0.39 is 6.04 Å². The van der Waals surface area contributed by atoms with E-state index in [0.717, 1.165) is 12.8 Å². The number of carbonyl (C=O) groups excluding carboxylic acids is 2. The first kappa shape index (κ1) is 22.3. The number of rotatable bonds is 9. The smallest absolute Gasteiger partial charge is 0.263 e. The summed E-state index contributed by atoms with van der Waals surface area (Å²) in [6.07, 6.45) is 4.21. The van der Waals surface area contributed by atoms with Crippen molar-refractivity contribution in [3.8, 4) is 17.7 Å². The lowest BCUT2D eigenvalue weighted by atomic mass is 10.0. The summed E-state index contributed by atoms with van der Waals surface area (Å²) in [7, 11) is 1.56. The van der Waals surface area contributed by atoms with Crippen LogP contribution >= 0.6 is 0 Å². The monoisotopic (exact) mass is 402 g/mol. The number of amides is 2. The molecule has 1 heterocycles. The summed E-state index contributed by atoms with van der Waals surface area (Å²) in [6.45, 7) is 7.35. The molecule has 0 radical (unpaired) electrons. The predicted octanol–water partition coefficient (Wildman–Crippen LogP) is 2.56. The average molecular weight is 402 g/mol. The zero-order valence-electron chi connectivity index (χ0n) is 17.6. The van der Waals surface area contributed by atoms with Gasteiger partial charge in [-0.2, -0.15) is 5.26 Å². The third-order valence-corrected chi connectivity index (χ3v) is 4.63. The number of fused-ring (bicyclic) bond motifs is 1. The van der Waals surface area contributed by atoms with Crippen molar-refractivity contribution >= 4 is 11.8 Å². The molecule has 1 aliphatic rings. The molecule has 8 heteroatoms. The van der Waals surface area contributed by atoms with E-state index in [1.807, 2.05) is 27.0 Å². The van der Waals surface area contributed by atoms with Crippen LogP contribution in [-0.4, -0.2) is 54.7 Å². The van der Waals surface area contributed by atoms with Crippen LogP contribution in [0.4, 0.5) is 0 Å². The zero-order chi connectivity index (χ0) is 21.4. The molecule has 0 aliphatic carbocycles. The van der Waals surface area contributed by atoms with Gasteiger partial charge in [-0.1, -0.05) is 27.2 Å². The van der Waals surface area contributed by atoms with E-state index in [4.69, 9.17) is 9.47 Å². The largest absolute Gasteiger partial charge is 0.486 e. The topological polar surface area (TPSA) is 94.9 Å². The first-order valence-corrected chi connectivity index (χ1v) is 10.0. The van der Waals surface area contributed by atoms with Gasteiger partial charge < -0.3 is 14.8 Å². The number of hydrazine groups is 1. The van der Waals surface area contributed by atoms with Gasteiger partial charge in [-0.15, -0.1) is 0 Å². The lowest BCUT2D eigenvalue weighted by Gasteiger charge is -2.31. The van der Waals surface area contributed by atoms with E-state index in [9.17, 15) is 14.9 Å². The molecule has 1 N–H and O–H groups in total. The maximum absolute atomic E-state index is 13.0. The standard InChI is InChI=1S/C21H30N4O4/c1-5-6-9-25(14-22)24(4)21(27)17(12-15(2)3)23-20(26)16-7-8-18-19(13-16)29-11-10-28-18/h7-8,13,15,17H,5-6,9-12H2,1-4H3,(H,23,26)/t17-/m0/s1. The first-order chi connectivity index (χ1) is 13.9. The molecule has 0 aromatic heterocycles. The number of nitrogens with zero attached hydrogens (tertiary/aromatic N) is 3. The molecule has 2 amide bonds. The van der Waals surface area contributed by atoms with Gasteiger partial charge in [-0.25, -0.2) is 10.0 Å². The van der Waals surface area contributed by atoms with E-state index in [2.05, 4.69) is 5.32 Å². The fourth-order valence-corrected chi connectivity index (χ4v) is 3.04. The van der Waals surface area contributed by atoms with Gasteiger partial charge in [-0.3, -0.25) is 9.59 Å². The average Bonchev–Trinajstić information content (AvgIpc) is 2.72. The lowest BCUT2D eigenvalue weighted by Crippen LogP contribution is -2.52. The summed E-state index contributed by atoms with van der Waals surface area (Å²) < 4.78 is 11.0. The quantitative estimate of drug-likeness (QED) is 0.387. The molecule has 0 bridgehead atoms. The highest BCUT2D eigenvalue weighted by molar-refractivity contribution is 5.98. The molecule has 158 valence electrons. The van der Waals surface area contributed by atoms with Crippen LogP contribution in [0.3, 0.4) is 0 Å². The van der Waals surface area contributed by atoms with E-state index in [0.29, 0.717) is 43.2 Å². The Morgan fingerprint density at radius 1 is 1.24 bits per heavy atom. The van der Waals surface area contributed by atoms with Crippen molar-refractivity contribution in [3.05, 3.63) is 23.8 Å². The number of likely N-dealkylation sites (N-methyl/N-ethyl adjacent to an activating group) is 1. The second-order valence-corrected chi connectivity index (χ2v) is 7.45. The van der Waals surface area contributed by atoms with Crippen LogP contribution in [0.25, 0.3) is 0 Å². The van der Waals surface area contributed by atoms with Crippen molar-refractivity contribution in [2.45, 2.75) is 46.1 Å². The molecule has 0 spiro atoms. The van der Waals surface area contributed by atoms with Crippen molar-refractivity contribution < 1.29 is 19.1 Å². The second-order valence-electron chi connectivity index (χ2n) is 7.45. The summed E-state index contributed by atoms with van der Waals surface area (Å²) >= 11 is 0. The third kappa shape index (κ3) is 6.01. The summed E-state index contributed by atoms with van der Waals surface area (Å²) in [6, 6.07) is 4.22. The summed E-state index contributed by atoms with van der Waals surface area (Å²) in [5, 5.41) is 14.8. The van der Waals surface area contributed by atoms with Crippen LogP contribution in [0, 0.1) is 17.4 Å². The van der Waals surface area contributed by atoms with Crippen molar-refractivity contribution in [2.75, 3.05) is 26.8 Å². The molecule has 1 aromatic carbocycles. The van der Waals surface area contributed by atoms with Crippen LogP contribution in [0.1, 0.15) is 50.4 Å². The van der Waals surface area contributed by atoms with E-state index >= 15 is 0 Å². The molecule has 0 fully saturated rings. The van der Waals surface area contributed by atoms with Crippen molar-refractivity contribution in [1.82, 2.24) is 15.3 Å². The highest BCUT2D eigenvalue weighted by Crippen LogP contribution is 2.30. The minimum atomic E-state index is -0.738. The Labute approximate surface area is 172 Å². The van der Waals surface area contributed by atoms with Crippen molar-refractivity contribution in [2.24, 2.45) is 5.92 Å². The number of nitriles is 1. The summed E-state index contributed by atoms with van der Waals surface area (Å²) in [5.41, 5.74) is 0.390. The Kier molecular flexibility index (Phi) is 8.13. The number of unbranched alkanes of at least 4 members (excludes halogenated alkanes) is 1. The molecule has 0 saturated carbocycles. The molecule has 0 unspecified atom stereocenters. The predicted molar refractivity (Wildman–Crippen MR) is 108 cm³/mol. The van der Waals surface area contributed by atoms with E-state index in [1.54, 1.807) is 25.2 Å². The van der Waals surface area contributed by atoms with Crippen LogP contribution in [-0.2, 0) is 4.79 Å². The molecule has 0 saturated heterocycles.